The molecule has 93 heavy (non-hydrogen) atoms. The van der Waals surface area contributed by atoms with E-state index in [1.165, 1.54) is 141 Å². The van der Waals surface area contributed by atoms with Gasteiger partial charge in [-0.25, -0.2) is 0 Å². The van der Waals surface area contributed by atoms with Crippen LogP contribution in [0.2, 0.25) is 0 Å². The number of nitrogens with one attached hydrogen (secondary N) is 2. The molecule has 8 unspecified atom stereocenters. The van der Waals surface area contributed by atoms with Crippen molar-refractivity contribution < 1.29 is 114 Å². The second-order valence-electron chi connectivity index (χ2n) is 26.1. The summed E-state index contributed by atoms with van der Waals surface area (Å²) in [5, 5.41) is 148. The minimum Gasteiger partial charge on any atom is -0.394 e. The fourth-order valence-electron chi connectivity index (χ4n) is 12.5. The van der Waals surface area contributed by atoms with Crippen LogP contribution in [-0.4, -0.2) is 246 Å². The summed E-state index contributed by atoms with van der Waals surface area (Å²) in [6.07, 6.45) is 9.53. The van der Waals surface area contributed by atoms with Gasteiger partial charge in [-0.15, -0.1) is 0 Å². The van der Waals surface area contributed by atoms with Crippen molar-refractivity contribution in [2.75, 3.05) is 33.0 Å². The van der Waals surface area contributed by atoms with E-state index in [1.54, 1.807) is 6.08 Å². The van der Waals surface area contributed by atoms with Crippen molar-refractivity contribution >= 4 is 11.8 Å². The Hall–Kier alpha value is -2.42. The summed E-state index contributed by atoms with van der Waals surface area (Å²) in [5.41, 5.74) is 0. The molecule has 4 saturated heterocycles. The van der Waals surface area contributed by atoms with E-state index in [9.17, 15) is 76.0 Å². The fourth-order valence-corrected chi connectivity index (χ4v) is 12.5. The average Bonchev–Trinajstić information content (AvgIpc) is 0.786. The van der Waals surface area contributed by atoms with E-state index in [4.69, 9.17) is 37.9 Å². The smallest absolute Gasteiger partial charge is 0.220 e. The van der Waals surface area contributed by atoms with Crippen LogP contribution >= 0.6 is 0 Å². The summed E-state index contributed by atoms with van der Waals surface area (Å²) in [4.78, 5) is 25.5. The number of allylic oxidation sites excluding steroid dienone is 3. The molecule has 25 heteroatoms. The van der Waals surface area contributed by atoms with Gasteiger partial charge in [0.15, 0.2) is 25.2 Å². The highest BCUT2D eigenvalue weighted by Gasteiger charge is 2.56. The van der Waals surface area contributed by atoms with Gasteiger partial charge in [0.25, 0.3) is 0 Å². The Labute approximate surface area is 552 Å². The predicted molar refractivity (Wildman–Crippen MR) is 345 cm³/mol. The van der Waals surface area contributed by atoms with Crippen LogP contribution in [0, 0.1) is 0 Å². The quantitative estimate of drug-likeness (QED) is 0.0303. The second-order valence-corrected chi connectivity index (χ2v) is 26.1. The molecule has 2 amide bonds. The zero-order valence-electron chi connectivity index (χ0n) is 56.1. The molecule has 0 aromatic heterocycles. The SMILES string of the molecule is CCCCCCCC/C=C\CCCCCCCCCCCCCC(=O)N[C@@H](CO[C@@H]1OC(CO)[C@@H](O[C@@H]2OC(CO)[C@H](O[C@@H]3OC(CO)[C@H](O)[C@H](O[C@@H]4OC(CO)[C@@H](O)[C@H](O)C4NC(C)=O)C3O)[C@H](O)C2O)[C@H](O)C1O)[C@H](O)/C=C/CCCCCCCCCCCCC. The molecule has 0 radical (unpaired) electrons. The van der Waals surface area contributed by atoms with E-state index in [0.717, 1.165) is 51.9 Å². The summed E-state index contributed by atoms with van der Waals surface area (Å²) in [6, 6.07) is -2.53. The second kappa shape index (κ2) is 48.3. The zero-order chi connectivity index (χ0) is 67.9. The predicted octanol–water partition coefficient (Wildman–Crippen LogP) is 3.90. The third-order valence-electron chi connectivity index (χ3n) is 18.3. The van der Waals surface area contributed by atoms with E-state index in [-0.39, 0.29) is 12.3 Å². The number of hydrogen-bond acceptors (Lipinski definition) is 23. The minimum absolute atomic E-state index is 0.214. The van der Waals surface area contributed by atoms with Crippen molar-refractivity contribution in [1.29, 1.82) is 0 Å². The molecule has 0 saturated carbocycles. The Kier molecular flexibility index (Phi) is 43.1. The first kappa shape index (κ1) is 83.0. The molecule has 4 aliphatic heterocycles. The van der Waals surface area contributed by atoms with Gasteiger partial charge in [0.2, 0.25) is 11.8 Å². The third-order valence-corrected chi connectivity index (χ3v) is 18.3. The normalized spacial score (nSPS) is 32.5. The Morgan fingerprint density at radius 2 is 0.796 bits per heavy atom. The standard InChI is InChI=1S/C68H124N2O23/c1-4-6-8-10-12-14-16-18-19-20-21-22-23-24-25-27-29-31-33-35-37-39-52(77)70-46(47(76)38-36-34-32-30-28-26-17-15-13-11-9-7-5-2)44-86-66-59(83)57(81)62(50(42-73)89-66)91-67-60(84)58(82)63(51(43-74)90-67)92-68-61(85)64(55(79)49(41-72)88-68)93-65-53(69-45(3)75)56(80)54(78)48(40-71)87-65/h18-19,36,38,46-51,53-68,71-74,76,78-85H,4-17,20-35,37,39-44H2,1-3H3,(H,69,75)(H,70,77)/b19-18-,38-36+/t46-,47+,48?,49?,50?,51?,53?,54+,55-,56+,57+,58+,59?,60?,61?,62+,63-,64-,65-,66+,67-,68-/m0/s1. The number of hydrogen-bond donors (Lipinski definition) is 15. The molecule has 4 heterocycles. The molecule has 0 aliphatic carbocycles. The van der Waals surface area contributed by atoms with E-state index in [0.29, 0.717) is 12.8 Å². The number of aliphatic hydroxyl groups excluding tert-OH is 13. The topological polar surface area (TPSA) is 395 Å². The highest BCUT2D eigenvalue weighted by Crippen LogP contribution is 2.35. The maximum absolute atomic E-state index is 13.4. The number of amides is 2. The molecule has 0 bridgehead atoms. The van der Waals surface area contributed by atoms with Crippen molar-refractivity contribution in [2.24, 2.45) is 0 Å². The van der Waals surface area contributed by atoms with Crippen LogP contribution in [0.5, 0.6) is 0 Å². The van der Waals surface area contributed by atoms with E-state index >= 15 is 0 Å². The van der Waals surface area contributed by atoms with Crippen LogP contribution in [0.4, 0.5) is 0 Å². The molecule has 25 nitrogen and oxygen atoms in total. The molecule has 544 valence electrons. The van der Waals surface area contributed by atoms with Gasteiger partial charge < -0.3 is 115 Å². The van der Waals surface area contributed by atoms with Crippen LogP contribution in [0.25, 0.3) is 0 Å². The van der Waals surface area contributed by atoms with Gasteiger partial charge in [0.05, 0.1) is 45.2 Å². The Morgan fingerprint density at radius 1 is 0.419 bits per heavy atom. The molecule has 15 N–H and O–H groups in total. The summed E-state index contributed by atoms with van der Waals surface area (Å²) < 4.78 is 46.5. The molecule has 0 aromatic rings. The summed E-state index contributed by atoms with van der Waals surface area (Å²) in [7, 11) is 0. The molecule has 0 spiro atoms. The van der Waals surface area contributed by atoms with Crippen LogP contribution < -0.4 is 10.6 Å². The van der Waals surface area contributed by atoms with Gasteiger partial charge in [0, 0.05) is 13.3 Å². The van der Waals surface area contributed by atoms with Crippen molar-refractivity contribution in [2.45, 2.75) is 361 Å². The van der Waals surface area contributed by atoms with Crippen LogP contribution in [0.15, 0.2) is 24.3 Å². The lowest BCUT2D eigenvalue weighted by Crippen LogP contribution is -2.69. The maximum Gasteiger partial charge on any atom is 0.220 e. The number of aliphatic hydroxyl groups is 13. The molecule has 4 fully saturated rings. The first-order valence-corrected chi connectivity index (χ1v) is 35.6. The first-order chi connectivity index (χ1) is 45.0. The number of unbranched alkanes of at least 4 members (excludes halogenated alkanes) is 28. The summed E-state index contributed by atoms with van der Waals surface area (Å²) in [6.45, 7) is 1.62. The van der Waals surface area contributed by atoms with Gasteiger partial charge in [-0.1, -0.05) is 192 Å². The zero-order valence-corrected chi connectivity index (χ0v) is 56.1. The molecule has 0 aromatic carbocycles. The van der Waals surface area contributed by atoms with E-state index in [2.05, 4.69) is 36.6 Å². The van der Waals surface area contributed by atoms with E-state index in [1.807, 2.05) is 6.08 Å². The van der Waals surface area contributed by atoms with Gasteiger partial charge in [-0.05, 0) is 44.9 Å². The van der Waals surface area contributed by atoms with Crippen LogP contribution in [-0.2, 0) is 47.5 Å². The Morgan fingerprint density at radius 3 is 1.26 bits per heavy atom. The van der Waals surface area contributed by atoms with Gasteiger partial charge >= 0.3 is 0 Å². The lowest BCUT2D eigenvalue weighted by Gasteiger charge is -2.49. The van der Waals surface area contributed by atoms with Crippen molar-refractivity contribution in [3.05, 3.63) is 24.3 Å². The number of rotatable bonds is 50. The minimum atomic E-state index is -2.10. The van der Waals surface area contributed by atoms with Crippen molar-refractivity contribution in [3.8, 4) is 0 Å². The number of ether oxygens (including phenoxy) is 8. The number of carbonyl (C=O) groups is 2. The van der Waals surface area contributed by atoms with E-state index < -0.39 is 174 Å². The monoisotopic (exact) mass is 1340 g/mol. The maximum atomic E-state index is 13.4. The Balaban J connectivity index is 1.29. The largest absolute Gasteiger partial charge is 0.394 e. The van der Waals surface area contributed by atoms with Crippen molar-refractivity contribution in [1.82, 2.24) is 10.6 Å². The summed E-state index contributed by atoms with van der Waals surface area (Å²) in [5.74, 6) is -1.00. The fraction of sp³-hybridized carbons (Fsp3) is 0.912. The third kappa shape index (κ3) is 29.5. The molecule has 4 aliphatic rings. The van der Waals surface area contributed by atoms with Crippen LogP contribution in [0.3, 0.4) is 0 Å². The van der Waals surface area contributed by atoms with Gasteiger partial charge in [-0.3, -0.25) is 9.59 Å². The Bertz CT molecular complexity index is 1980. The lowest BCUT2D eigenvalue weighted by molar-refractivity contribution is -0.386. The lowest BCUT2D eigenvalue weighted by atomic mass is 9.95. The first-order valence-electron chi connectivity index (χ1n) is 35.6. The summed E-state index contributed by atoms with van der Waals surface area (Å²) >= 11 is 0. The highest BCUT2D eigenvalue weighted by molar-refractivity contribution is 5.76. The highest BCUT2D eigenvalue weighted by atomic mass is 16.8. The molecule has 4 rings (SSSR count). The molecular formula is C68H124N2O23. The number of carbonyl (C=O) groups excluding carboxylic acids is 2. The molecule has 22 atom stereocenters. The van der Waals surface area contributed by atoms with Gasteiger partial charge in [0.1, 0.15) is 97.6 Å². The van der Waals surface area contributed by atoms with Gasteiger partial charge in [-0.2, -0.15) is 0 Å². The average molecular weight is 1340 g/mol. The molecular weight excluding hydrogens is 1210 g/mol. The van der Waals surface area contributed by atoms with Crippen molar-refractivity contribution in [3.63, 3.8) is 0 Å². The van der Waals surface area contributed by atoms with Crippen LogP contribution in [0.1, 0.15) is 226 Å².